The second-order valence-corrected chi connectivity index (χ2v) is 5.41. The molecule has 4 atom stereocenters. The van der Waals surface area contributed by atoms with Crippen molar-refractivity contribution in [1.29, 1.82) is 0 Å². The number of rotatable bonds is 4. The normalized spacial score (nSPS) is 28.6. The summed E-state index contributed by atoms with van der Waals surface area (Å²) in [5, 5.41) is 13.9. The lowest BCUT2D eigenvalue weighted by molar-refractivity contribution is -0.313. The highest BCUT2D eigenvalue weighted by Crippen LogP contribution is 2.39. The highest BCUT2D eigenvalue weighted by atomic mass is 16.5. The summed E-state index contributed by atoms with van der Waals surface area (Å²) in [6, 6.07) is 6.59. The van der Waals surface area contributed by atoms with E-state index in [0.29, 0.717) is 11.3 Å². The zero-order valence-electron chi connectivity index (χ0n) is 11.8. The molecule has 2 heterocycles. The summed E-state index contributed by atoms with van der Waals surface area (Å²) in [5.41, 5.74) is 0.740. The molecule has 0 radical (unpaired) electrons. The van der Waals surface area contributed by atoms with E-state index in [1.165, 1.54) is 6.92 Å². The van der Waals surface area contributed by atoms with Gasteiger partial charge >= 0.3 is 0 Å². The average Bonchev–Trinajstić information content (AvgIpc) is 3.08. The van der Waals surface area contributed by atoms with Crippen molar-refractivity contribution < 1.29 is 24.2 Å². The van der Waals surface area contributed by atoms with Crippen LogP contribution in [-0.2, 0) is 14.3 Å². The number of carboxylic acid groups (broad SMARTS) is 1. The minimum absolute atomic E-state index is 0.184. The molecule has 0 aromatic heterocycles. The molecule has 3 rings (SSSR count). The van der Waals surface area contributed by atoms with E-state index in [-0.39, 0.29) is 5.78 Å². The van der Waals surface area contributed by atoms with Gasteiger partial charge in [0.25, 0.3) is 0 Å². The molecule has 6 heteroatoms. The van der Waals surface area contributed by atoms with Crippen LogP contribution in [-0.4, -0.2) is 29.9 Å². The molecule has 2 aliphatic rings. The Balaban J connectivity index is 1.85. The number of benzene rings is 1. The van der Waals surface area contributed by atoms with E-state index in [2.05, 4.69) is 5.32 Å². The first-order chi connectivity index (χ1) is 10.5. The minimum Gasteiger partial charge on any atom is -0.550 e. The van der Waals surface area contributed by atoms with Gasteiger partial charge in [0, 0.05) is 17.5 Å². The summed E-state index contributed by atoms with van der Waals surface area (Å²) >= 11 is 0. The third kappa shape index (κ3) is 2.31. The molecule has 2 bridgehead atoms. The molecule has 1 saturated heterocycles. The molecule has 0 spiro atoms. The van der Waals surface area contributed by atoms with Crippen LogP contribution in [0.2, 0.25) is 0 Å². The molecule has 1 aromatic rings. The molecule has 1 amide bonds. The van der Waals surface area contributed by atoms with Crippen LogP contribution in [0.4, 0.5) is 5.69 Å². The van der Waals surface area contributed by atoms with Crippen LogP contribution < -0.4 is 10.4 Å². The molecule has 114 valence electrons. The standard InChI is InChI=1S/C16H15NO5/c1-8(18)9-4-2-3-5-10(9)17-15(19)13-11-6-7-12(22-11)14(13)16(20)21/h2-7,11-14H,1H3,(H,17,19)(H,20,21)/p-1/t11-,12+,13-,14+/m1/s1. The second-order valence-electron chi connectivity index (χ2n) is 5.41. The summed E-state index contributed by atoms with van der Waals surface area (Å²) < 4.78 is 5.44. The van der Waals surface area contributed by atoms with Gasteiger partial charge in [-0.15, -0.1) is 0 Å². The Labute approximate surface area is 126 Å². The SMILES string of the molecule is CC(=O)c1ccccc1NC(=O)[C@H]1[C@@H](C(=O)[O-])[C@@H]2C=C[C@H]1O2. The van der Waals surface area contributed by atoms with Gasteiger partial charge in [0.2, 0.25) is 5.91 Å². The van der Waals surface area contributed by atoms with Crippen LogP contribution >= 0.6 is 0 Å². The maximum absolute atomic E-state index is 12.5. The van der Waals surface area contributed by atoms with Gasteiger partial charge in [-0.2, -0.15) is 0 Å². The maximum atomic E-state index is 12.5. The van der Waals surface area contributed by atoms with Gasteiger partial charge in [-0.3, -0.25) is 9.59 Å². The molecular formula is C16H14NO5-. The summed E-state index contributed by atoms with van der Waals surface area (Å²) in [4.78, 5) is 35.3. The Kier molecular flexibility index (Phi) is 3.54. The van der Waals surface area contributed by atoms with Crippen LogP contribution in [0.1, 0.15) is 17.3 Å². The number of carboxylic acids is 1. The van der Waals surface area contributed by atoms with Crippen LogP contribution in [0.15, 0.2) is 36.4 Å². The van der Waals surface area contributed by atoms with Gasteiger partial charge < -0.3 is 20.0 Å². The van der Waals surface area contributed by atoms with E-state index < -0.39 is 35.9 Å². The smallest absolute Gasteiger partial charge is 0.231 e. The fourth-order valence-corrected chi connectivity index (χ4v) is 3.02. The van der Waals surface area contributed by atoms with E-state index in [0.717, 1.165) is 0 Å². The van der Waals surface area contributed by atoms with E-state index in [4.69, 9.17) is 4.74 Å². The quantitative estimate of drug-likeness (QED) is 0.630. The topological polar surface area (TPSA) is 95.5 Å². The van der Waals surface area contributed by atoms with Crippen molar-refractivity contribution in [3.63, 3.8) is 0 Å². The number of para-hydroxylation sites is 1. The molecule has 1 aromatic carbocycles. The third-order valence-corrected chi connectivity index (χ3v) is 4.04. The van der Waals surface area contributed by atoms with Crippen molar-refractivity contribution in [2.75, 3.05) is 5.32 Å². The Bertz CT molecular complexity index is 681. The zero-order valence-corrected chi connectivity index (χ0v) is 11.8. The van der Waals surface area contributed by atoms with E-state index >= 15 is 0 Å². The minimum atomic E-state index is -1.31. The first-order valence-corrected chi connectivity index (χ1v) is 6.94. The van der Waals surface area contributed by atoms with Gasteiger partial charge in [0.1, 0.15) is 0 Å². The molecule has 0 unspecified atom stereocenters. The van der Waals surface area contributed by atoms with Gasteiger partial charge in [-0.05, 0) is 19.1 Å². The first kappa shape index (κ1) is 14.5. The van der Waals surface area contributed by atoms with Crippen LogP contribution in [0.3, 0.4) is 0 Å². The number of aliphatic carboxylic acids is 1. The number of hydrogen-bond donors (Lipinski definition) is 1. The predicted molar refractivity (Wildman–Crippen MR) is 74.9 cm³/mol. The van der Waals surface area contributed by atoms with E-state index in [1.54, 1.807) is 36.4 Å². The molecule has 22 heavy (non-hydrogen) atoms. The highest BCUT2D eigenvalue weighted by molar-refractivity contribution is 6.05. The lowest BCUT2D eigenvalue weighted by Crippen LogP contribution is -2.45. The third-order valence-electron chi connectivity index (χ3n) is 4.04. The lowest BCUT2D eigenvalue weighted by Gasteiger charge is -2.25. The van der Waals surface area contributed by atoms with Crippen molar-refractivity contribution in [3.05, 3.63) is 42.0 Å². The van der Waals surface area contributed by atoms with Crippen LogP contribution in [0, 0.1) is 11.8 Å². The molecular weight excluding hydrogens is 286 g/mol. The van der Waals surface area contributed by atoms with Gasteiger partial charge in [-0.25, -0.2) is 0 Å². The number of ketones is 1. The number of fused-ring (bicyclic) bond motifs is 2. The molecule has 0 saturated carbocycles. The Morgan fingerprint density at radius 3 is 2.36 bits per heavy atom. The Hall–Kier alpha value is -2.47. The van der Waals surface area contributed by atoms with Gasteiger partial charge in [0.15, 0.2) is 5.78 Å². The van der Waals surface area contributed by atoms with Crippen LogP contribution in [0.25, 0.3) is 0 Å². The van der Waals surface area contributed by atoms with Gasteiger partial charge in [-0.1, -0.05) is 24.3 Å². The molecule has 2 aliphatic heterocycles. The maximum Gasteiger partial charge on any atom is 0.231 e. The molecule has 1 fully saturated rings. The number of amides is 1. The molecule has 6 nitrogen and oxygen atoms in total. The molecule has 1 N–H and O–H groups in total. The molecule has 0 aliphatic carbocycles. The number of carbonyl (C=O) groups excluding carboxylic acids is 3. The fourth-order valence-electron chi connectivity index (χ4n) is 3.02. The van der Waals surface area contributed by atoms with E-state index in [1.807, 2.05) is 0 Å². The Morgan fingerprint density at radius 1 is 1.09 bits per heavy atom. The highest BCUT2D eigenvalue weighted by Gasteiger charge is 2.50. The van der Waals surface area contributed by atoms with Gasteiger partial charge in [0.05, 0.1) is 23.8 Å². The summed E-state index contributed by atoms with van der Waals surface area (Å²) in [5.74, 6) is -3.85. The lowest BCUT2D eigenvalue weighted by atomic mass is 9.82. The summed E-state index contributed by atoms with van der Waals surface area (Å²) in [6.45, 7) is 1.40. The first-order valence-electron chi connectivity index (χ1n) is 6.94. The monoisotopic (exact) mass is 300 g/mol. The largest absolute Gasteiger partial charge is 0.550 e. The number of anilines is 1. The number of carbonyl (C=O) groups is 3. The van der Waals surface area contributed by atoms with E-state index in [9.17, 15) is 19.5 Å². The summed E-state index contributed by atoms with van der Waals surface area (Å²) in [7, 11) is 0. The second kappa shape index (κ2) is 5.38. The Morgan fingerprint density at radius 2 is 1.73 bits per heavy atom. The summed E-state index contributed by atoms with van der Waals surface area (Å²) in [6.07, 6.45) is 2.12. The van der Waals surface area contributed by atoms with Crippen LogP contribution in [0.5, 0.6) is 0 Å². The van der Waals surface area contributed by atoms with Crippen molar-refractivity contribution in [1.82, 2.24) is 0 Å². The number of nitrogens with one attached hydrogen (secondary N) is 1. The number of hydrogen-bond acceptors (Lipinski definition) is 5. The van der Waals surface area contributed by atoms with Crippen molar-refractivity contribution >= 4 is 23.3 Å². The number of ether oxygens (including phenoxy) is 1. The number of Topliss-reactive ketones (excluding diaryl/α,β-unsaturated/α-hetero) is 1. The zero-order chi connectivity index (χ0) is 15.9. The average molecular weight is 300 g/mol. The van der Waals surface area contributed by atoms with Crippen molar-refractivity contribution in [3.8, 4) is 0 Å². The predicted octanol–water partition coefficient (Wildman–Crippen LogP) is 0.147. The fraction of sp³-hybridized carbons (Fsp3) is 0.312. The van der Waals surface area contributed by atoms with Crippen molar-refractivity contribution in [2.24, 2.45) is 11.8 Å². The van der Waals surface area contributed by atoms with Crippen molar-refractivity contribution in [2.45, 2.75) is 19.1 Å².